The molecule has 21 heavy (non-hydrogen) atoms. The van der Waals surface area contributed by atoms with E-state index in [1.165, 1.54) is 5.56 Å². The van der Waals surface area contributed by atoms with Gasteiger partial charge in [0.15, 0.2) is 0 Å². The summed E-state index contributed by atoms with van der Waals surface area (Å²) in [7, 11) is 0. The Morgan fingerprint density at radius 1 is 1.38 bits per heavy atom. The van der Waals surface area contributed by atoms with Crippen LogP contribution in [0.25, 0.3) is 5.65 Å². The molecule has 1 aliphatic rings. The lowest BCUT2D eigenvalue weighted by Crippen LogP contribution is -2.50. The maximum atomic E-state index is 11.9. The van der Waals surface area contributed by atoms with E-state index in [1.807, 2.05) is 40.1 Å². The van der Waals surface area contributed by atoms with Gasteiger partial charge >= 0.3 is 6.09 Å². The number of aryl methyl sites for hydroxylation is 1. The van der Waals surface area contributed by atoms with Crippen molar-refractivity contribution >= 4 is 11.7 Å². The van der Waals surface area contributed by atoms with Crippen molar-refractivity contribution in [1.82, 2.24) is 14.3 Å². The molecule has 0 bridgehead atoms. The van der Waals surface area contributed by atoms with Gasteiger partial charge in [0.2, 0.25) is 0 Å². The monoisotopic (exact) mass is 287 g/mol. The summed E-state index contributed by atoms with van der Waals surface area (Å²) in [5.74, 6) is 0.375. The molecule has 0 spiro atoms. The van der Waals surface area contributed by atoms with Crippen molar-refractivity contribution < 1.29 is 9.53 Å². The summed E-state index contributed by atoms with van der Waals surface area (Å²) in [5, 5.41) is 0. The van der Waals surface area contributed by atoms with Gasteiger partial charge in [0.25, 0.3) is 0 Å². The van der Waals surface area contributed by atoms with Crippen LogP contribution in [0, 0.1) is 6.92 Å². The summed E-state index contributed by atoms with van der Waals surface area (Å²) >= 11 is 0. The van der Waals surface area contributed by atoms with Crippen molar-refractivity contribution in [1.29, 1.82) is 0 Å². The smallest absolute Gasteiger partial charge is 0.410 e. The molecular formula is C16H21N3O2. The van der Waals surface area contributed by atoms with E-state index in [0.29, 0.717) is 19.0 Å². The zero-order valence-electron chi connectivity index (χ0n) is 13.0. The second-order valence-electron chi connectivity index (χ2n) is 6.67. The molecule has 5 nitrogen and oxygen atoms in total. The largest absolute Gasteiger partial charge is 0.444 e. The topological polar surface area (TPSA) is 46.8 Å². The number of imidazole rings is 1. The first-order chi connectivity index (χ1) is 9.83. The van der Waals surface area contributed by atoms with E-state index in [1.54, 1.807) is 4.90 Å². The van der Waals surface area contributed by atoms with Gasteiger partial charge in [0.1, 0.15) is 11.2 Å². The van der Waals surface area contributed by atoms with Gasteiger partial charge in [-0.2, -0.15) is 0 Å². The zero-order chi connectivity index (χ0) is 15.2. The number of aromatic nitrogens is 2. The van der Waals surface area contributed by atoms with Gasteiger partial charge in [-0.15, -0.1) is 0 Å². The van der Waals surface area contributed by atoms with Gasteiger partial charge in [-0.1, -0.05) is 0 Å². The van der Waals surface area contributed by atoms with Crippen LogP contribution in [0.1, 0.15) is 37.9 Å². The van der Waals surface area contributed by atoms with Crippen molar-refractivity contribution in [2.45, 2.75) is 39.2 Å². The Morgan fingerprint density at radius 3 is 2.76 bits per heavy atom. The Kier molecular flexibility index (Phi) is 3.15. The fourth-order valence-electron chi connectivity index (χ4n) is 2.54. The minimum Gasteiger partial charge on any atom is -0.444 e. The molecule has 2 aromatic heterocycles. The molecule has 0 radical (unpaired) electrons. The lowest BCUT2D eigenvalue weighted by molar-refractivity contribution is 0.00820. The van der Waals surface area contributed by atoms with E-state index in [-0.39, 0.29) is 6.09 Å². The molecule has 0 aliphatic carbocycles. The van der Waals surface area contributed by atoms with Crippen LogP contribution in [-0.2, 0) is 4.74 Å². The summed E-state index contributed by atoms with van der Waals surface area (Å²) in [6.07, 6.45) is 3.69. The van der Waals surface area contributed by atoms with E-state index < -0.39 is 5.60 Å². The summed E-state index contributed by atoms with van der Waals surface area (Å²) < 4.78 is 7.43. The molecular weight excluding hydrogens is 266 g/mol. The van der Waals surface area contributed by atoms with Gasteiger partial charge in [0, 0.05) is 37.1 Å². The Labute approximate surface area is 124 Å². The van der Waals surface area contributed by atoms with Gasteiger partial charge in [0.05, 0.1) is 0 Å². The van der Waals surface area contributed by atoms with Gasteiger partial charge < -0.3 is 14.0 Å². The fourth-order valence-corrected chi connectivity index (χ4v) is 2.54. The summed E-state index contributed by atoms with van der Waals surface area (Å²) in [5.41, 5.74) is 2.88. The van der Waals surface area contributed by atoms with E-state index in [4.69, 9.17) is 4.74 Å². The highest BCUT2D eigenvalue weighted by molar-refractivity contribution is 5.69. The third-order valence-electron chi connectivity index (χ3n) is 3.73. The van der Waals surface area contributed by atoms with Crippen molar-refractivity contribution in [2.24, 2.45) is 0 Å². The molecule has 1 amide bonds. The Bertz CT molecular complexity index is 678. The molecule has 5 heteroatoms. The van der Waals surface area contributed by atoms with E-state index in [2.05, 4.69) is 21.5 Å². The SMILES string of the molecule is Cc1cnc2cc(C3CN(C(=O)OC(C)(C)C)C3)ccn12. The molecule has 0 unspecified atom stereocenters. The van der Waals surface area contributed by atoms with Crippen molar-refractivity contribution in [3.8, 4) is 0 Å². The quantitative estimate of drug-likeness (QED) is 0.810. The first-order valence-electron chi connectivity index (χ1n) is 7.25. The molecule has 1 fully saturated rings. The number of nitrogens with zero attached hydrogens (tertiary/aromatic N) is 3. The summed E-state index contributed by atoms with van der Waals surface area (Å²) in [4.78, 5) is 18.0. The molecule has 0 atom stereocenters. The number of amides is 1. The number of fused-ring (bicyclic) bond motifs is 1. The highest BCUT2D eigenvalue weighted by Crippen LogP contribution is 2.29. The minimum absolute atomic E-state index is 0.225. The maximum absolute atomic E-state index is 11.9. The van der Waals surface area contributed by atoms with Crippen molar-refractivity contribution in [2.75, 3.05) is 13.1 Å². The van der Waals surface area contributed by atoms with Crippen LogP contribution in [0.3, 0.4) is 0 Å². The average Bonchev–Trinajstić information content (AvgIpc) is 2.66. The molecule has 3 heterocycles. The Hall–Kier alpha value is -2.04. The molecule has 0 aromatic carbocycles. The van der Waals surface area contributed by atoms with E-state index in [9.17, 15) is 4.79 Å². The predicted molar refractivity (Wildman–Crippen MR) is 80.5 cm³/mol. The molecule has 0 N–H and O–H groups in total. The molecule has 0 saturated carbocycles. The number of pyridine rings is 1. The zero-order valence-corrected chi connectivity index (χ0v) is 13.0. The van der Waals surface area contributed by atoms with Crippen molar-refractivity contribution in [3.63, 3.8) is 0 Å². The average molecular weight is 287 g/mol. The van der Waals surface area contributed by atoms with E-state index >= 15 is 0 Å². The fraction of sp³-hybridized carbons (Fsp3) is 0.500. The maximum Gasteiger partial charge on any atom is 0.410 e. The normalized spacial score (nSPS) is 16.1. The number of carbonyl (C=O) groups is 1. The highest BCUT2D eigenvalue weighted by Gasteiger charge is 2.34. The first kappa shape index (κ1) is 13.9. The van der Waals surface area contributed by atoms with Crippen LogP contribution < -0.4 is 0 Å². The number of likely N-dealkylation sites (tertiary alicyclic amines) is 1. The predicted octanol–water partition coefficient (Wildman–Crippen LogP) is 2.98. The lowest BCUT2D eigenvalue weighted by atomic mass is 9.92. The third-order valence-corrected chi connectivity index (χ3v) is 3.73. The van der Waals surface area contributed by atoms with Gasteiger partial charge in [-0.25, -0.2) is 9.78 Å². The number of ether oxygens (including phenoxy) is 1. The minimum atomic E-state index is -0.436. The van der Waals surface area contributed by atoms with Crippen LogP contribution in [0.2, 0.25) is 0 Å². The molecule has 2 aromatic rings. The molecule has 1 saturated heterocycles. The third kappa shape index (κ3) is 2.73. The lowest BCUT2D eigenvalue weighted by Gasteiger charge is -2.40. The van der Waals surface area contributed by atoms with Crippen molar-refractivity contribution in [3.05, 3.63) is 35.8 Å². The molecule has 1 aliphatic heterocycles. The standard InChI is InChI=1S/C16H21N3O2/c1-11-8-17-14-7-12(5-6-19(11)14)13-9-18(10-13)15(20)21-16(2,3)4/h5-8,13H,9-10H2,1-4H3. The second-order valence-corrected chi connectivity index (χ2v) is 6.67. The Balaban J connectivity index is 1.66. The van der Waals surface area contributed by atoms with E-state index in [0.717, 1.165) is 11.3 Å². The second kappa shape index (κ2) is 4.76. The highest BCUT2D eigenvalue weighted by atomic mass is 16.6. The summed E-state index contributed by atoms with van der Waals surface area (Å²) in [6.45, 7) is 9.12. The number of rotatable bonds is 1. The van der Waals surface area contributed by atoms with Crippen LogP contribution >= 0.6 is 0 Å². The van der Waals surface area contributed by atoms with Crippen LogP contribution in [-0.4, -0.2) is 39.1 Å². The van der Waals surface area contributed by atoms with Crippen LogP contribution in [0.15, 0.2) is 24.5 Å². The van der Waals surface area contributed by atoms with Gasteiger partial charge in [-0.3, -0.25) is 0 Å². The van der Waals surface area contributed by atoms with Gasteiger partial charge in [-0.05, 0) is 45.4 Å². The number of hydrogen-bond donors (Lipinski definition) is 0. The van der Waals surface area contributed by atoms with Crippen LogP contribution in [0.5, 0.6) is 0 Å². The number of hydrogen-bond acceptors (Lipinski definition) is 3. The first-order valence-corrected chi connectivity index (χ1v) is 7.25. The van der Waals surface area contributed by atoms with Crippen LogP contribution in [0.4, 0.5) is 4.79 Å². The Morgan fingerprint density at radius 2 is 2.10 bits per heavy atom. The molecule has 3 rings (SSSR count). The molecule has 112 valence electrons. The summed E-state index contributed by atoms with van der Waals surface area (Å²) in [6, 6.07) is 4.21. The number of carbonyl (C=O) groups excluding carboxylic acids is 1.